The maximum Gasteiger partial charge on any atom is 0.200 e. The van der Waals surface area contributed by atoms with Crippen LogP contribution in [-0.2, 0) is 0 Å². The van der Waals surface area contributed by atoms with Crippen LogP contribution in [0.5, 0.6) is 0 Å². The third-order valence-corrected chi connectivity index (χ3v) is 3.04. The minimum atomic E-state index is -1.58. The van der Waals surface area contributed by atoms with Gasteiger partial charge in [0.05, 0.1) is 5.56 Å². The molecule has 0 aliphatic heterocycles. The Balaban J connectivity index is 2.41. The molecule has 0 bridgehead atoms. The topological polar surface area (TPSA) is 37.3 Å². The second-order valence-corrected chi connectivity index (χ2v) is 4.16. The minimum Gasteiger partial charge on any atom is -0.382 e. The van der Waals surface area contributed by atoms with E-state index in [0.29, 0.717) is 12.8 Å². The zero-order chi connectivity index (χ0) is 11.8. The van der Waals surface area contributed by atoms with Crippen LogP contribution in [0.2, 0.25) is 0 Å². The van der Waals surface area contributed by atoms with Crippen LogP contribution < -0.4 is 0 Å². The SMILES string of the molecule is O=C(c1c(F)cccc1F)C1(O)CCCC1. The van der Waals surface area contributed by atoms with E-state index in [2.05, 4.69) is 0 Å². The van der Waals surface area contributed by atoms with Crippen molar-refractivity contribution >= 4 is 5.78 Å². The van der Waals surface area contributed by atoms with Crippen LogP contribution in [0.25, 0.3) is 0 Å². The molecule has 0 heterocycles. The van der Waals surface area contributed by atoms with Gasteiger partial charge in [0.2, 0.25) is 0 Å². The molecule has 1 fully saturated rings. The molecule has 86 valence electrons. The number of hydrogen-bond donors (Lipinski definition) is 1. The van der Waals surface area contributed by atoms with E-state index in [9.17, 15) is 18.7 Å². The van der Waals surface area contributed by atoms with Gasteiger partial charge in [-0.2, -0.15) is 0 Å². The molecule has 0 unspecified atom stereocenters. The predicted octanol–water partition coefficient (Wildman–Crippen LogP) is 2.45. The van der Waals surface area contributed by atoms with Gasteiger partial charge in [-0.15, -0.1) is 0 Å². The molecule has 0 saturated heterocycles. The maximum absolute atomic E-state index is 13.4. The number of aliphatic hydroxyl groups is 1. The largest absolute Gasteiger partial charge is 0.382 e. The highest BCUT2D eigenvalue weighted by Crippen LogP contribution is 2.33. The van der Waals surface area contributed by atoms with Crippen LogP contribution in [-0.4, -0.2) is 16.5 Å². The molecule has 0 amide bonds. The van der Waals surface area contributed by atoms with Crippen molar-refractivity contribution in [1.82, 2.24) is 0 Å². The molecule has 16 heavy (non-hydrogen) atoms. The molecule has 1 aliphatic carbocycles. The summed E-state index contributed by atoms with van der Waals surface area (Å²) in [6.07, 6.45) is 1.97. The Morgan fingerprint density at radius 3 is 2.19 bits per heavy atom. The van der Waals surface area contributed by atoms with Crippen molar-refractivity contribution in [3.63, 3.8) is 0 Å². The van der Waals surface area contributed by atoms with Gasteiger partial charge in [0.1, 0.15) is 17.2 Å². The second kappa shape index (κ2) is 3.94. The van der Waals surface area contributed by atoms with Crippen LogP contribution in [0.1, 0.15) is 36.0 Å². The van der Waals surface area contributed by atoms with Gasteiger partial charge in [0, 0.05) is 0 Å². The Labute approximate surface area is 91.9 Å². The van der Waals surface area contributed by atoms with Gasteiger partial charge in [-0.05, 0) is 37.8 Å². The molecule has 1 aromatic carbocycles. The lowest BCUT2D eigenvalue weighted by Crippen LogP contribution is -2.36. The zero-order valence-electron chi connectivity index (χ0n) is 8.67. The summed E-state index contributed by atoms with van der Waals surface area (Å²) in [6.45, 7) is 0. The van der Waals surface area contributed by atoms with Crippen molar-refractivity contribution in [3.8, 4) is 0 Å². The summed E-state index contributed by atoms with van der Waals surface area (Å²) in [6, 6.07) is 3.24. The van der Waals surface area contributed by atoms with E-state index in [-0.39, 0.29) is 12.8 Å². The summed E-state index contributed by atoms with van der Waals surface area (Å²) in [5.74, 6) is -2.66. The Morgan fingerprint density at radius 1 is 1.19 bits per heavy atom. The Hall–Kier alpha value is -1.29. The molecule has 4 heteroatoms. The molecule has 0 aromatic heterocycles. The number of Topliss-reactive ketones (excluding diaryl/α,β-unsaturated/α-hetero) is 1. The Bertz CT molecular complexity index is 403. The third kappa shape index (κ3) is 1.73. The molecule has 0 atom stereocenters. The zero-order valence-corrected chi connectivity index (χ0v) is 8.67. The van der Waals surface area contributed by atoms with Gasteiger partial charge in [-0.25, -0.2) is 8.78 Å². The van der Waals surface area contributed by atoms with Crippen molar-refractivity contribution in [2.45, 2.75) is 31.3 Å². The summed E-state index contributed by atoms with van der Waals surface area (Å²) in [5.41, 5.74) is -2.20. The van der Waals surface area contributed by atoms with Crippen LogP contribution >= 0.6 is 0 Å². The molecular formula is C12H12F2O2. The number of rotatable bonds is 2. The Morgan fingerprint density at radius 2 is 1.69 bits per heavy atom. The molecule has 2 rings (SSSR count). The molecule has 1 saturated carbocycles. The first-order valence-corrected chi connectivity index (χ1v) is 5.26. The van der Waals surface area contributed by atoms with Crippen molar-refractivity contribution in [2.24, 2.45) is 0 Å². The predicted molar refractivity (Wildman–Crippen MR) is 54.1 cm³/mol. The average Bonchev–Trinajstić information content (AvgIpc) is 2.66. The second-order valence-electron chi connectivity index (χ2n) is 4.16. The number of hydrogen-bond acceptors (Lipinski definition) is 2. The van der Waals surface area contributed by atoms with Gasteiger partial charge >= 0.3 is 0 Å². The molecular weight excluding hydrogens is 214 g/mol. The van der Waals surface area contributed by atoms with Gasteiger partial charge in [0.25, 0.3) is 0 Å². The minimum absolute atomic E-state index is 0.277. The highest BCUT2D eigenvalue weighted by Gasteiger charge is 2.41. The summed E-state index contributed by atoms with van der Waals surface area (Å²) in [5, 5.41) is 9.98. The van der Waals surface area contributed by atoms with E-state index in [4.69, 9.17) is 0 Å². The number of ketones is 1. The quantitative estimate of drug-likeness (QED) is 0.786. The summed E-state index contributed by atoms with van der Waals surface area (Å²) >= 11 is 0. The van der Waals surface area contributed by atoms with Gasteiger partial charge in [-0.1, -0.05) is 6.07 Å². The normalized spacial score (nSPS) is 18.7. The smallest absolute Gasteiger partial charge is 0.200 e. The number of halogens is 2. The number of carbonyl (C=O) groups excluding carboxylic acids is 1. The summed E-state index contributed by atoms with van der Waals surface area (Å²) < 4.78 is 26.7. The fourth-order valence-corrected chi connectivity index (χ4v) is 2.13. The van der Waals surface area contributed by atoms with E-state index in [1.165, 1.54) is 6.07 Å². The van der Waals surface area contributed by atoms with E-state index in [1.807, 2.05) is 0 Å². The molecule has 1 aliphatic rings. The van der Waals surface area contributed by atoms with E-state index >= 15 is 0 Å². The first-order chi connectivity index (χ1) is 7.54. The molecule has 0 radical (unpaired) electrons. The van der Waals surface area contributed by atoms with Crippen molar-refractivity contribution in [2.75, 3.05) is 0 Å². The van der Waals surface area contributed by atoms with Crippen molar-refractivity contribution < 1.29 is 18.7 Å². The monoisotopic (exact) mass is 226 g/mol. The fourth-order valence-electron chi connectivity index (χ4n) is 2.13. The van der Waals surface area contributed by atoms with Gasteiger partial charge in [-0.3, -0.25) is 4.79 Å². The van der Waals surface area contributed by atoms with E-state index < -0.39 is 28.6 Å². The van der Waals surface area contributed by atoms with Crippen LogP contribution in [0, 0.1) is 11.6 Å². The highest BCUT2D eigenvalue weighted by atomic mass is 19.1. The number of carbonyl (C=O) groups is 1. The lowest BCUT2D eigenvalue weighted by atomic mass is 9.91. The van der Waals surface area contributed by atoms with Crippen LogP contribution in [0.3, 0.4) is 0 Å². The van der Waals surface area contributed by atoms with Crippen LogP contribution in [0.4, 0.5) is 8.78 Å². The first kappa shape index (κ1) is 11.2. The molecule has 0 spiro atoms. The van der Waals surface area contributed by atoms with Crippen molar-refractivity contribution in [1.29, 1.82) is 0 Å². The molecule has 2 nitrogen and oxygen atoms in total. The van der Waals surface area contributed by atoms with Gasteiger partial charge < -0.3 is 5.11 Å². The lowest BCUT2D eigenvalue weighted by Gasteiger charge is -2.20. The maximum atomic E-state index is 13.4. The fraction of sp³-hybridized carbons (Fsp3) is 0.417. The standard InChI is InChI=1S/C12H12F2O2/c13-8-4-3-5-9(14)10(8)11(15)12(16)6-1-2-7-12/h3-5,16H,1-2,6-7H2. The first-order valence-electron chi connectivity index (χ1n) is 5.26. The molecule has 1 aromatic rings. The molecule has 1 N–H and O–H groups in total. The number of benzene rings is 1. The van der Waals surface area contributed by atoms with E-state index in [1.54, 1.807) is 0 Å². The van der Waals surface area contributed by atoms with Crippen LogP contribution in [0.15, 0.2) is 18.2 Å². The third-order valence-electron chi connectivity index (χ3n) is 3.04. The van der Waals surface area contributed by atoms with Gasteiger partial charge in [0.15, 0.2) is 5.78 Å². The summed E-state index contributed by atoms with van der Waals surface area (Å²) in [7, 11) is 0. The Kier molecular flexibility index (Phi) is 2.76. The summed E-state index contributed by atoms with van der Waals surface area (Å²) in [4.78, 5) is 11.9. The van der Waals surface area contributed by atoms with E-state index in [0.717, 1.165) is 12.1 Å². The average molecular weight is 226 g/mol. The van der Waals surface area contributed by atoms with Crippen molar-refractivity contribution in [3.05, 3.63) is 35.4 Å². The highest BCUT2D eigenvalue weighted by molar-refractivity contribution is 6.02. The lowest BCUT2D eigenvalue weighted by molar-refractivity contribution is 0.0344.